The first-order valence-corrected chi connectivity index (χ1v) is 44.9. The van der Waals surface area contributed by atoms with Gasteiger partial charge in [-0.1, -0.05) is 120 Å². The molecule has 0 radical (unpaired) electrons. The third-order valence-corrected chi connectivity index (χ3v) is 23.1. The van der Waals surface area contributed by atoms with Crippen LogP contribution in [-0.2, 0) is 96.0 Å². The Labute approximate surface area is 756 Å². The lowest BCUT2D eigenvalue weighted by atomic mass is 9.89. The van der Waals surface area contributed by atoms with Gasteiger partial charge in [0.25, 0.3) is 0 Å². The number of para-hydroxylation sites is 1. The van der Waals surface area contributed by atoms with Gasteiger partial charge in [-0.2, -0.15) is 0 Å². The summed E-state index contributed by atoms with van der Waals surface area (Å²) in [5.74, 6) is -11.1. The number of aromatic amines is 1. The third kappa shape index (κ3) is 38.0. The molecule has 0 saturated heterocycles. The van der Waals surface area contributed by atoms with Crippen LogP contribution in [0.4, 0.5) is 0 Å². The van der Waals surface area contributed by atoms with Crippen LogP contribution in [0.2, 0.25) is 0 Å². The van der Waals surface area contributed by atoms with E-state index in [2.05, 4.69) is 79.9 Å². The summed E-state index contributed by atoms with van der Waals surface area (Å²) in [4.78, 5) is 228. The van der Waals surface area contributed by atoms with Gasteiger partial charge in [-0.25, -0.2) is 21.7 Å². The molecule has 0 bridgehead atoms. The van der Waals surface area contributed by atoms with Crippen molar-refractivity contribution in [2.75, 3.05) is 45.9 Å². The van der Waals surface area contributed by atoms with Crippen LogP contribution in [0.1, 0.15) is 203 Å². The first-order chi connectivity index (χ1) is 61.1. The summed E-state index contributed by atoms with van der Waals surface area (Å²) in [6.07, 6.45) is 6.62. The number of aliphatic hydroxyl groups excluding tert-OH is 2. The highest BCUT2D eigenvalue weighted by Crippen LogP contribution is 2.24. The minimum Gasteiger partial charge on any atom is -0.508 e. The lowest BCUT2D eigenvalue weighted by Gasteiger charge is -2.33. The van der Waals surface area contributed by atoms with Crippen LogP contribution >= 0.6 is 0 Å². The Morgan fingerprint density at radius 3 is 1.88 bits per heavy atom. The predicted octanol–water partition coefficient (Wildman–Crippen LogP) is 1.29. The van der Waals surface area contributed by atoms with Crippen molar-refractivity contribution < 1.29 is 92.0 Å². The largest absolute Gasteiger partial charge is 0.508 e. The number of carbonyl (C=O) groups excluding carboxylic acids is 16. The van der Waals surface area contributed by atoms with Crippen molar-refractivity contribution in [3.63, 3.8) is 0 Å². The number of nitrogens with two attached hydrogens (primary N) is 2. The number of hydrazine groups is 2. The van der Waals surface area contributed by atoms with Gasteiger partial charge in [0, 0.05) is 49.8 Å². The summed E-state index contributed by atoms with van der Waals surface area (Å²) in [5.41, 5.74) is 22.1. The molecule has 36 nitrogen and oxygen atoms in total. The number of hydrogen-bond acceptors (Lipinski definition) is 29. The van der Waals surface area contributed by atoms with Gasteiger partial charge in [0.05, 0.1) is 112 Å². The molecule has 0 unspecified atom stereocenters. The molecule has 6 amide bonds. The fourth-order valence-electron chi connectivity index (χ4n) is 14.6. The zero-order valence-electron chi connectivity index (χ0n) is 76.8. The average molecular weight is 1800 g/mol. The van der Waals surface area contributed by atoms with E-state index >= 15 is 9.59 Å². The van der Waals surface area contributed by atoms with Crippen LogP contribution in [0, 0.1) is 11.8 Å². The minimum atomic E-state index is -1.81. The Morgan fingerprint density at radius 1 is 0.589 bits per heavy atom. The number of H-pyrrole nitrogens is 1. The van der Waals surface area contributed by atoms with E-state index < -0.39 is 211 Å². The molecule has 5 rings (SSSR count). The number of carbonyl (C=O) groups is 16. The number of phenols is 1. The van der Waals surface area contributed by atoms with Gasteiger partial charge in [0.15, 0.2) is 46.3 Å². The van der Waals surface area contributed by atoms with Gasteiger partial charge in [-0.05, 0) is 172 Å². The summed E-state index contributed by atoms with van der Waals surface area (Å²) in [5, 5.41) is 60.9. The molecular formula is C93H141N17O19. The van der Waals surface area contributed by atoms with Crippen molar-refractivity contribution >= 4 is 104 Å². The number of ketones is 10. The van der Waals surface area contributed by atoms with Crippen molar-refractivity contribution in [1.29, 1.82) is 0 Å². The molecule has 22 N–H and O–H groups in total. The number of hydrogen-bond donors (Lipinski definition) is 20. The SMILES string of the molecule is CC(=O)N[C@@H](CC(C)C)C(=O)N[C@H](C(=O)C(=O)[C@H](Cc1ccccc1)NN[C@]1(C)CCCCCCC=CCCC[C@@](C)(C(=O)N[C@@H](CO)C(=O)CN[C@@H](C)C(=O)CCN[C@@H](C)C(=O)CN)NC(=O)[C@H](CCC(C)C)NN[C@@H](CCC(N)=O)C(=O)CN[C@@H](C)C(=O)CC(=O)[C@H](Cc2c[nH]c3ccccc23)NC(=O)[C@H](Cc2ccc(O)cc2)NCC(=O)[C@H](C)NCC1=O)[C@@H](C)O. The molecule has 36 heteroatoms. The lowest BCUT2D eigenvalue weighted by Crippen LogP contribution is -2.64. The fourth-order valence-corrected chi connectivity index (χ4v) is 14.6. The van der Waals surface area contributed by atoms with Crippen LogP contribution in [0.5, 0.6) is 5.75 Å². The molecule has 2 heterocycles. The number of aromatic hydroxyl groups is 1. The Bertz CT molecular complexity index is 4430. The number of benzene rings is 3. The number of amides is 6. The molecule has 1 aliphatic rings. The normalized spacial score (nSPS) is 22.6. The number of allylic oxidation sites excluding steroid dienone is 2. The molecule has 15 atom stereocenters. The molecule has 129 heavy (non-hydrogen) atoms. The second kappa shape index (κ2) is 55.7. The van der Waals surface area contributed by atoms with Crippen LogP contribution in [0.3, 0.4) is 0 Å². The van der Waals surface area contributed by atoms with Gasteiger partial charge < -0.3 is 79.6 Å². The molecule has 0 aliphatic carbocycles. The Morgan fingerprint density at radius 2 is 1.22 bits per heavy atom. The van der Waals surface area contributed by atoms with Gasteiger partial charge in [0.2, 0.25) is 47.0 Å². The van der Waals surface area contributed by atoms with E-state index in [-0.39, 0.29) is 113 Å². The van der Waals surface area contributed by atoms with Gasteiger partial charge in [0.1, 0.15) is 29.4 Å². The third-order valence-electron chi connectivity index (χ3n) is 23.1. The van der Waals surface area contributed by atoms with Gasteiger partial charge >= 0.3 is 0 Å². The smallest absolute Gasteiger partial charge is 0.246 e. The Hall–Kier alpha value is -10.2. The van der Waals surface area contributed by atoms with Crippen molar-refractivity contribution in [1.82, 2.24) is 79.9 Å². The average Bonchev–Trinajstić information content (AvgIpc) is 1.41. The lowest BCUT2D eigenvalue weighted by molar-refractivity contribution is -0.142. The highest BCUT2D eigenvalue weighted by Gasteiger charge is 2.42. The van der Waals surface area contributed by atoms with Crippen LogP contribution in [0.25, 0.3) is 10.9 Å². The van der Waals surface area contributed by atoms with E-state index in [1.165, 1.54) is 53.7 Å². The molecule has 0 saturated carbocycles. The molecule has 0 spiro atoms. The monoisotopic (exact) mass is 1800 g/mol. The molecule has 4 aromatic rings. The highest BCUT2D eigenvalue weighted by atomic mass is 16.3. The van der Waals surface area contributed by atoms with Gasteiger partial charge in [-0.3, -0.25) is 82.0 Å². The van der Waals surface area contributed by atoms with Crippen LogP contribution < -0.4 is 86.3 Å². The predicted molar refractivity (Wildman–Crippen MR) is 488 cm³/mol. The summed E-state index contributed by atoms with van der Waals surface area (Å²) < 4.78 is 0. The number of aliphatic hydroxyl groups is 2. The van der Waals surface area contributed by atoms with E-state index in [1.807, 2.05) is 52.0 Å². The summed E-state index contributed by atoms with van der Waals surface area (Å²) in [7, 11) is 0. The fraction of sp³-hybridized carbons (Fsp3) is 0.591. The maximum absolute atomic E-state index is 15.1. The molecular weight excluding hydrogens is 1660 g/mol. The van der Waals surface area contributed by atoms with Crippen LogP contribution in [0.15, 0.2) is 97.2 Å². The molecule has 0 fully saturated rings. The van der Waals surface area contributed by atoms with Crippen LogP contribution in [-0.4, -0.2) is 249 Å². The number of Topliss-reactive ketones (excluding diaryl/α,β-unsaturated/α-hetero) is 10. The maximum Gasteiger partial charge on any atom is 0.246 e. The van der Waals surface area contributed by atoms with Crippen molar-refractivity contribution in [3.8, 4) is 5.75 Å². The summed E-state index contributed by atoms with van der Waals surface area (Å²) in [6, 6.07) is 7.18. The molecule has 1 aliphatic heterocycles. The maximum atomic E-state index is 15.1. The second-order valence-corrected chi connectivity index (χ2v) is 35.1. The number of fused-ring (bicyclic) bond motifs is 1. The minimum absolute atomic E-state index is 0.00522. The zero-order valence-corrected chi connectivity index (χ0v) is 76.8. The van der Waals surface area contributed by atoms with Crippen molar-refractivity contribution in [2.24, 2.45) is 23.3 Å². The van der Waals surface area contributed by atoms with E-state index in [1.54, 1.807) is 74.6 Å². The Balaban J connectivity index is 1.54. The summed E-state index contributed by atoms with van der Waals surface area (Å²) in [6.45, 7) is 16.3. The molecule has 3 aromatic carbocycles. The highest BCUT2D eigenvalue weighted by molar-refractivity contribution is 6.41. The van der Waals surface area contributed by atoms with E-state index in [0.717, 1.165) is 0 Å². The zero-order chi connectivity index (χ0) is 95.7. The topological polar surface area (TPSA) is 570 Å². The summed E-state index contributed by atoms with van der Waals surface area (Å²) >= 11 is 0. The number of phenolic OH excluding ortho intramolecular Hbond substituents is 1. The van der Waals surface area contributed by atoms with Crippen molar-refractivity contribution in [3.05, 3.63) is 114 Å². The van der Waals surface area contributed by atoms with E-state index in [0.29, 0.717) is 72.5 Å². The second-order valence-electron chi connectivity index (χ2n) is 35.1. The van der Waals surface area contributed by atoms with Crippen molar-refractivity contribution in [2.45, 2.75) is 295 Å². The van der Waals surface area contributed by atoms with E-state index in [4.69, 9.17) is 11.5 Å². The first-order valence-electron chi connectivity index (χ1n) is 44.9. The van der Waals surface area contributed by atoms with Gasteiger partial charge in [-0.15, -0.1) is 0 Å². The number of aromatic nitrogens is 1. The number of rotatable bonds is 38. The molecule has 712 valence electrons. The number of nitrogens with one attached hydrogen (secondary N) is 15. The molecule has 1 aromatic heterocycles. The Kier molecular flexibility index (Phi) is 47.2. The first kappa shape index (κ1) is 109. The van der Waals surface area contributed by atoms with E-state index in [9.17, 15) is 82.4 Å². The standard InChI is InChI=1S/C93H141N17O19/c1-55(2)31-36-70-90(128)106-93(12,91(129)104-75(54-111)82(121)52-97-57(5)76(115)39-42-96-59(7)79(118)48-94)41-26-19-17-15-13-14-16-18-25-40-92(11,110-109-72(44-63-27-21-20-22-28-63)86(124)87(125)85(61(9)112)105-89(127)74(43-56(3)4)102-62(10)113)83(122)53-99-60(8)80(119)50-101-73(45-64-32-34-66(114)35-33-64)88(126)103-71(46-65-49-100-68-30-24-23-29-67(65)68)78(117)47-77(116)58(6)98-51-81(120)69(107-108-70)37-38-84(95)123/h15,17,20-24,27-30,32-35,49,55-61,69-75,85,96-101,107-112,114H,13-14,16,18-19,25-26,31,36-48,50-54,94H2,1-12H3,(H2,95,123)(H,102,113)(H,103,126)(H,104,129)(H,105,127)(H,106,128)/t57-,58-,59-,60-,61+,69-,70-,71-,72-,73-,74-,75-,85-,92+,93-/m0/s1. The number of primary amides is 1. The quantitative estimate of drug-likeness (QED) is 0.0130.